The van der Waals surface area contributed by atoms with E-state index in [4.69, 9.17) is 4.98 Å². The lowest BCUT2D eigenvalue weighted by Gasteiger charge is -2.39. The molecule has 1 fully saturated rings. The molecule has 2 aromatic carbocycles. The molecule has 0 bridgehead atoms. The maximum absolute atomic E-state index is 13.1. The van der Waals surface area contributed by atoms with E-state index in [0.717, 1.165) is 29.7 Å². The van der Waals surface area contributed by atoms with Gasteiger partial charge in [0.2, 0.25) is 5.91 Å². The van der Waals surface area contributed by atoms with Gasteiger partial charge in [-0.2, -0.15) is 5.10 Å². The van der Waals surface area contributed by atoms with Crippen LogP contribution in [0.2, 0.25) is 0 Å². The van der Waals surface area contributed by atoms with Gasteiger partial charge in [0.15, 0.2) is 0 Å². The first-order valence-electron chi connectivity index (χ1n) is 9.89. The third-order valence-corrected chi connectivity index (χ3v) is 6.77. The van der Waals surface area contributed by atoms with Gasteiger partial charge in [-0.1, -0.05) is 45.0 Å². The maximum Gasteiger partial charge on any atom is 0.246 e. The first-order chi connectivity index (χ1) is 13.8. The highest BCUT2D eigenvalue weighted by Gasteiger charge is 2.57. The predicted molar refractivity (Wildman–Crippen MR) is 114 cm³/mol. The number of aromatic amines is 1. The third kappa shape index (κ3) is 3.18. The van der Waals surface area contributed by atoms with Crippen molar-refractivity contribution < 1.29 is 9.90 Å². The summed E-state index contributed by atoms with van der Waals surface area (Å²) in [6, 6.07) is 14.9. The van der Waals surface area contributed by atoms with Gasteiger partial charge in [0, 0.05) is 11.5 Å². The van der Waals surface area contributed by atoms with Crippen molar-refractivity contribution in [2.75, 3.05) is 0 Å². The van der Waals surface area contributed by atoms with E-state index in [1.54, 1.807) is 18.2 Å². The summed E-state index contributed by atoms with van der Waals surface area (Å²) in [6.45, 7) is 6.26. The van der Waals surface area contributed by atoms with E-state index in [-0.39, 0.29) is 23.0 Å². The first kappa shape index (κ1) is 19.2. The van der Waals surface area contributed by atoms with Crippen LogP contribution in [0.3, 0.4) is 0 Å². The summed E-state index contributed by atoms with van der Waals surface area (Å²) >= 11 is 0. The van der Waals surface area contributed by atoms with Crippen LogP contribution >= 0.6 is 0 Å². The Bertz CT molecular complexity index is 1050. The number of benzene rings is 2. The number of hydrogen-bond donors (Lipinski definition) is 3. The molecule has 29 heavy (non-hydrogen) atoms. The van der Waals surface area contributed by atoms with E-state index in [1.807, 2.05) is 37.3 Å². The topological polar surface area (TPSA) is 90.4 Å². The lowest BCUT2D eigenvalue weighted by molar-refractivity contribution is -0.135. The Morgan fingerprint density at radius 1 is 1.21 bits per heavy atom. The van der Waals surface area contributed by atoms with E-state index in [0.29, 0.717) is 5.56 Å². The Balaban J connectivity index is 1.54. The second-order valence-corrected chi connectivity index (χ2v) is 8.54. The van der Waals surface area contributed by atoms with Crippen LogP contribution in [0.25, 0.3) is 11.0 Å². The van der Waals surface area contributed by atoms with Crippen LogP contribution in [0.1, 0.15) is 50.9 Å². The van der Waals surface area contributed by atoms with Gasteiger partial charge in [0.25, 0.3) is 0 Å². The summed E-state index contributed by atoms with van der Waals surface area (Å²) in [6.07, 6.45) is 3.09. The number of phenols is 1. The van der Waals surface area contributed by atoms with Crippen molar-refractivity contribution in [1.82, 2.24) is 15.4 Å². The second kappa shape index (κ2) is 7.03. The Kier molecular flexibility index (Phi) is 4.65. The minimum absolute atomic E-state index is 0.118. The van der Waals surface area contributed by atoms with Crippen molar-refractivity contribution in [3.05, 3.63) is 59.9 Å². The molecular weight excluding hydrogens is 364 g/mol. The van der Waals surface area contributed by atoms with Gasteiger partial charge in [-0.3, -0.25) is 4.79 Å². The molecule has 6 nitrogen and oxygen atoms in total. The molecule has 1 saturated carbocycles. The number of para-hydroxylation sites is 3. The number of nitrogens with zero attached hydrogens (tertiary/aromatic N) is 2. The highest BCUT2D eigenvalue weighted by molar-refractivity contribution is 5.87. The van der Waals surface area contributed by atoms with Crippen LogP contribution in [0.5, 0.6) is 5.75 Å². The van der Waals surface area contributed by atoms with Gasteiger partial charge in [0.1, 0.15) is 11.6 Å². The van der Waals surface area contributed by atoms with Gasteiger partial charge in [-0.25, -0.2) is 10.4 Å². The zero-order chi connectivity index (χ0) is 20.6. The number of nitrogens with one attached hydrogen (secondary N) is 2. The van der Waals surface area contributed by atoms with Crippen molar-refractivity contribution in [1.29, 1.82) is 0 Å². The largest absolute Gasteiger partial charge is 0.507 e. The Morgan fingerprint density at radius 2 is 1.93 bits per heavy atom. The lowest BCUT2D eigenvalue weighted by atomic mass is 9.65. The molecule has 150 valence electrons. The summed E-state index contributed by atoms with van der Waals surface area (Å²) in [5, 5.41) is 13.9. The van der Waals surface area contributed by atoms with Gasteiger partial charge >= 0.3 is 0 Å². The van der Waals surface area contributed by atoms with Crippen molar-refractivity contribution >= 4 is 23.2 Å². The molecule has 0 spiro atoms. The standard InChI is InChI=1S/C23H26N4O2/c1-22(2)16(20-25-17-9-5-6-10-18(17)26-20)12-13-23(22,3)21(29)27-24-14-15-8-4-7-11-19(15)28/h4-11,14,16,28H,12-13H2,1-3H3,(H,25,26)(H,27,29)/b24-14-/t16-,23-/m1/s1. The summed E-state index contributed by atoms with van der Waals surface area (Å²) in [7, 11) is 0. The first-order valence-corrected chi connectivity index (χ1v) is 9.89. The fraction of sp³-hybridized carbons (Fsp3) is 0.348. The normalized spacial score (nSPS) is 23.6. The molecular formula is C23H26N4O2. The highest BCUT2D eigenvalue weighted by atomic mass is 16.3. The SMILES string of the molecule is CC1(C)[C@@H](c2nc3ccccc3[nH]2)CC[C@]1(C)C(=O)N/N=C\c1ccccc1O. The van der Waals surface area contributed by atoms with Crippen LogP contribution in [0.4, 0.5) is 0 Å². The zero-order valence-electron chi connectivity index (χ0n) is 16.9. The zero-order valence-corrected chi connectivity index (χ0v) is 16.9. The number of amides is 1. The molecule has 0 saturated heterocycles. The summed E-state index contributed by atoms with van der Waals surface area (Å²) in [4.78, 5) is 21.3. The summed E-state index contributed by atoms with van der Waals surface area (Å²) < 4.78 is 0. The fourth-order valence-electron chi connectivity index (χ4n) is 4.40. The number of hydrazone groups is 1. The molecule has 3 aromatic rings. The molecule has 0 aliphatic heterocycles. The molecule has 0 unspecified atom stereocenters. The van der Waals surface area contributed by atoms with Gasteiger partial charge in [-0.15, -0.1) is 0 Å². The number of carbonyl (C=O) groups is 1. The van der Waals surface area contributed by atoms with Crippen molar-refractivity contribution in [2.24, 2.45) is 15.9 Å². The van der Waals surface area contributed by atoms with Gasteiger partial charge in [-0.05, 0) is 42.5 Å². The molecule has 3 N–H and O–H groups in total. The molecule has 1 aromatic heterocycles. The Hall–Kier alpha value is -3.15. The van der Waals surface area contributed by atoms with Crippen molar-refractivity contribution in [3.63, 3.8) is 0 Å². The molecule has 1 amide bonds. The molecule has 6 heteroatoms. The average molecular weight is 390 g/mol. The predicted octanol–water partition coefficient (Wildman–Crippen LogP) is 4.33. The van der Waals surface area contributed by atoms with Crippen LogP contribution in [0.15, 0.2) is 53.6 Å². The number of aromatic nitrogens is 2. The van der Waals surface area contributed by atoms with Crippen LogP contribution in [-0.4, -0.2) is 27.2 Å². The van der Waals surface area contributed by atoms with E-state index in [9.17, 15) is 9.90 Å². The van der Waals surface area contributed by atoms with Crippen LogP contribution in [-0.2, 0) is 4.79 Å². The number of rotatable bonds is 4. The Morgan fingerprint density at radius 3 is 2.69 bits per heavy atom. The smallest absolute Gasteiger partial charge is 0.246 e. The number of imidazole rings is 1. The monoisotopic (exact) mass is 390 g/mol. The molecule has 1 aliphatic rings. The second-order valence-electron chi connectivity index (χ2n) is 8.54. The number of aromatic hydroxyl groups is 1. The molecule has 1 heterocycles. The van der Waals surface area contributed by atoms with Crippen LogP contribution in [0, 0.1) is 10.8 Å². The maximum atomic E-state index is 13.1. The third-order valence-electron chi connectivity index (χ3n) is 6.77. The quantitative estimate of drug-likeness (QED) is 0.457. The van der Waals surface area contributed by atoms with Crippen LogP contribution < -0.4 is 5.43 Å². The fourth-order valence-corrected chi connectivity index (χ4v) is 4.40. The highest BCUT2D eigenvalue weighted by Crippen LogP contribution is 2.59. The minimum atomic E-state index is -0.591. The number of H-pyrrole nitrogens is 1. The number of carbonyl (C=O) groups excluding carboxylic acids is 1. The number of hydrogen-bond acceptors (Lipinski definition) is 4. The van der Waals surface area contributed by atoms with Gasteiger partial charge < -0.3 is 10.1 Å². The number of fused-ring (bicyclic) bond motifs is 1. The lowest BCUT2D eigenvalue weighted by Crippen LogP contribution is -2.45. The molecule has 0 radical (unpaired) electrons. The van der Waals surface area contributed by atoms with E-state index >= 15 is 0 Å². The Labute approximate surface area is 170 Å². The molecule has 2 atom stereocenters. The number of phenolic OH excluding ortho intramolecular Hbond substituents is 1. The molecule has 4 rings (SSSR count). The summed E-state index contributed by atoms with van der Waals surface area (Å²) in [5.74, 6) is 1.09. The minimum Gasteiger partial charge on any atom is -0.507 e. The van der Waals surface area contributed by atoms with E-state index < -0.39 is 5.41 Å². The average Bonchev–Trinajstić information content (AvgIpc) is 3.22. The molecule has 1 aliphatic carbocycles. The van der Waals surface area contributed by atoms with Crippen molar-refractivity contribution in [2.45, 2.75) is 39.5 Å². The van der Waals surface area contributed by atoms with Gasteiger partial charge in [0.05, 0.1) is 22.7 Å². The van der Waals surface area contributed by atoms with E-state index in [1.165, 1.54) is 6.21 Å². The van der Waals surface area contributed by atoms with Crippen molar-refractivity contribution in [3.8, 4) is 5.75 Å². The van der Waals surface area contributed by atoms with E-state index in [2.05, 4.69) is 29.4 Å². The summed E-state index contributed by atoms with van der Waals surface area (Å²) in [5.41, 5.74) is 4.31.